The van der Waals surface area contributed by atoms with Crippen LogP contribution in [0.5, 0.6) is 11.5 Å². The first-order chi connectivity index (χ1) is 34.4. The number of anilines is 9. The molecule has 5 heterocycles. The number of fused-ring (bicyclic) bond motifs is 3. The van der Waals surface area contributed by atoms with E-state index in [-0.39, 0.29) is 58.3 Å². The van der Waals surface area contributed by atoms with E-state index in [1.807, 2.05) is 60.5 Å². The molecule has 17 heteroatoms. The Bertz CT molecular complexity index is 3020. The summed E-state index contributed by atoms with van der Waals surface area (Å²) >= 11 is 0. The maximum Gasteiger partial charge on any atom is 0.375 e. The van der Waals surface area contributed by atoms with Crippen LogP contribution < -0.4 is 34.1 Å². The first kappa shape index (κ1) is 52.5. The van der Waals surface area contributed by atoms with Gasteiger partial charge in [-0.05, 0) is 87.3 Å². The predicted molar refractivity (Wildman–Crippen MR) is 262 cm³/mol. The topological polar surface area (TPSA) is 54.5 Å². The second-order valence-electron chi connectivity index (χ2n) is 16.4. The van der Waals surface area contributed by atoms with Crippen LogP contribution >= 0.6 is 0 Å². The fraction of sp³-hybridized carbons (Fsp3) is 0.125. The van der Waals surface area contributed by atoms with Crippen LogP contribution in [0.3, 0.4) is 0 Å². The van der Waals surface area contributed by atoms with Crippen molar-refractivity contribution < 1.29 is 72.2 Å². The first-order valence-electron chi connectivity index (χ1n) is 22.4. The summed E-state index contributed by atoms with van der Waals surface area (Å²) in [5.74, 6) is -0.773. The maximum atomic E-state index is 13.7. The molecule has 379 valence electrons. The van der Waals surface area contributed by atoms with E-state index in [1.54, 1.807) is 23.7 Å². The third-order valence-electron chi connectivity index (χ3n) is 11.8. The number of hydrogen-bond donors (Lipinski definition) is 0. The van der Waals surface area contributed by atoms with Gasteiger partial charge in [-0.3, -0.25) is 0 Å². The quantitative estimate of drug-likeness (QED) is 0.0716. The van der Waals surface area contributed by atoms with Gasteiger partial charge in [0.25, 0.3) is 0 Å². The molecule has 1 radical (unpaired) electrons. The van der Waals surface area contributed by atoms with E-state index in [0.29, 0.717) is 24.1 Å². The fourth-order valence-electron chi connectivity index (χ4n) is 8.36. The molecule has 0 unspecified atom stereocenters. The molecular formula is C56H40F6IrN8OPt-8. The molecule has 2 aromatic heterocycles. The molecule has 0 N–H and O–H groups in total. The van der Waals surface area contributed by atoms with Crippen LogP contribution in [0.1, 0.15) is 24.0 Å². The number of rotatable bonds is 11. The third-order valence-corrected chi connectivity index (χ3v) is 11.8. The minimum atomic E-state index is -4.84. The standard InChI is InChI=1S/C30H26N4.C26H14F6N4O.Ir.Pt/c1-3-13-25(14-4-1)33-23-31(27-17-7-9-19-29(27)33)21-11-12-22-32-24-34(26-15-5-2-6-16-26)30-20-10-8-18-28(30)32;1-35-15-36(23-8-3-2-7-22(23)35)17-5-4-6-18(11-17)37-24-12-21(34-14-19(24)26(30,31)32)20-10-9-16(13-33-20)25(27,28)29;;/h1-10,13,15,17-20,23-24H,11-12,21-22H2;2-9,13-15H,1H3;;/q2*-4;;. The Kier molecular flexibility index (Phi) is 16.2. The second-order valence-corrected chi connectivity index (χ2v) is 16.4. The van der Waals surface area contributed by atoms with Crippen molar-refractivity contribution in [3.63, 3.8) is 0 Å². The fourth-order valence-corrected chi connectivity index (χ4v) is 8.36. The van der Waals surface area contributed by atoms with Crippen molar-refractivity contribution in [2.45, 2.75) is 25.2 Å². The number of hydrogen-bond acceptors (Lipinski definition) is 9. The zero-order valence-electron chi connectivity index (χ0n) is 38.5. The van der Waals surface area contributed by atoms with E-state index in [0.717, 1.165) is 48.7 Å². The Morgan fingerprint density at radius 1 is 0.521 bits per heavy atom. The summed E-state index contributed by atoms with van der Waals surface area (Å²) in [5, 5.41) is 0. The molecule has 0 atom stereocenters. The van der Waals surface area contributed by atoms with Gasteiger partial charge in [0.15, 0.2) is 0 Å². The van der Waals surface area contributed by atoms with Crippen LogP contribution in [-0.4, -0.2) is 30.1 Å². The van der Waals surface area contributed by atoms with Crippen molar-refractivity contribution in [2.75, 3.05) is 49.5 Å². The van der Waals surface area contributed by atoms with Crippen LogP contribution in [0.4, 0.5) is 77.5 Å². The molecule has 9 nitrogen and oxygen atoms in total. The van der Waals surface area contributed by atoms with Crippen molar-refractivity contribution in [1.82, 2.24) is 9.97 Å². The summed E-state index contributed by atoms with van der Waals surface area (Å²) in [4.78, 5) is 20.2. The number of halogens is 6. The van der Waals surface area contributed by atoms with E-state index >= 15 is 0 Å². The van der Waals surface area contributed by atoms with Gasteiger partial charge in [0.2, 0.25) is 0 Å². The number of benzene rings is 6. The monoisotopic (exact) mass is 1340 g/mol. The van der Waals surface area contributed by atoms with E-state index in [9.17, 15) is 26.3 Å². The number of para-hydroxylation sites is 8. The summed E-state index contributed by atoms with van der Waals surface area (Å²) in [6, 6.07) is 60.7. The average Bonchev–Trinajstić information content (AvgIpc) is 4.07. The molecule has 0 amide bonds. The van der Waals surface area contributed by atoms with Crippen molar-refractivity contribution >= 4 is 51.2 Å². The van der Waals surface area contributed by atoms with E-state index in [2.05, 4.69) is 146 Å². The van der Waals surface area contributed by atoms with E-state index in [4.69, 9.17) is 4.74 Å². The predicted octanol–water partition coefficient (Wildman–Crippen LogP) is 14.0. The third kappa shape index (κ3) is 11.5. The Hall–Kier alpha value is -6.86. The molecule has 0 fully saturated rings. The summed E-state index contributed by atoms with van der Waals surface area (Å²) in [7, 11) is 1.86. The summed E-state index contributed by atoms with van der Waals surface area (Å²) in [5.41, 5.74) is 6.57. The largest absolute Gasteiger partial charge is 0.510 e. The summed E-state index contributed by atoms with van der Waals surface area (Å²) in [6.45, 7) is 8.17. The van der Waals surface area contributed by atoms with Crippen molar-refractivity contribution in [1.29, 1.82) is 0 Å². The van der Waals surface area contributed by atoms with Crippen molar-refractivity contribution in [2.24, 2.45) is 0 Å². The Balaban J connectivity index is 0.000000190. The first-order valence-corrected chi connectivity index (χ1v) is 22.4. The molecule has 0 aliphatic carbocycles. The number of nitrogens with zero attached hydrogens (tertiary/aromatic N) is 8. The number of ether oxygens (including phenoxy) is 1. The average molecular weight is 1340 g/mol. The Morgan fingerprint density at radius 3 is 1.52 bits per heavy atom. The van der Waals surface area contributed by atoms with Gasteiger partial charge in [0.1, 0.15) is 0 Å². The minimum absolute atomic E-state index is 0. The van der Waals surface area contributed by atoms with Crippen LogP contribution in [-0.2, 0) is 53.5 Å². The molecular weight excluding hydrogens is 1300 g/mol. The number of unbranched alkanes of at least 4 members (excludes halogenated alkanes) is 1. The van der Waals surface area contributed by atoms with Crippen LogP contribution in [0.25, 0.3) is 11.4 Å². The van der Waals surface area contributed by atoms with Crippen LogP contribution in [0, 0.1) is 50.3 Å². The van der Waals surface area contributed by atoms with Gasteiger partial charge in [0, 0.05) is 92.4 Å². The molecule has 73 heavy (non-hydrogen) atoms. The molecule has 0 saturated carbocycles. The Labute approximate surface area is 447 Å². The molecule has 0 saturated heterocycles. The minimum Gasteiger partial charge on any atom is -0.510 e. The smallest absolute Gasteiger partial charge is 0.375 e. The zero-order chi connectivity index (χ0) is 49.1. The van der Waals surface area contributed by atoms with E-state index in [1.165, 1.54) is 28.8 Å². The van der Waals surface area contributed by atoms with Gasteiger partial charge in [-0.2, -0.15) is 125 Å². The Morgan fingerprint density at radius 2 is 1.01 bits per heavy atom. The molecule has 6 aromatic carbocycles. The van der Waals surface area contributed by atoms with Gasteiger partial charge in [-0.25, -0.2) is 6.07 Å². The van der Waals surface area contributed by atoms with Gasteiger partial charge >= 0.3 is 12.4 Å². The van der Waals surface area contributed by atoms with Crippen molar-refractivity contribution in [3.05, 3.63) is 219 Å². The number of alkyl halides is 6. The van der Waals surface area contributed by atoms with Crippen LogP contribution in [0.2, 0.25) is 0 Å². The molecule has 11 rings (SSSR count). The van der Waals surface area contributed by atoms with Gasteiger partial charge in [0.05, 0.1) is 0 Å². The van der Waals surface area contributed by atoms with E-state index < -0.39 is 29.2 Å². The van der Waals surface area contributed by atoms with Gasteiger partial charge in [-0.15, -0.1) is 46.6 Å². The SMILES string of the molecule is CN1[CH-]N(c2[c-]c(Oc3[c-]c(-c4[c-]cc(C(F)(F)F)cn4)ncc3C(F)(F)F)ccc2)c2ccccc21.[Ir].[Pt].[c-]1ccccc1N1[CH-]N(CCCCN2[CH-]N(c3[c-]cccc3)c3ccccc32)c2ccccc21. The molecule has 0 bridgehead atoms. The van der Waals surface area contributed by atoms with Gasteiger partial charge < -0.3 is 44.1 Å². The second kappa shape index (κ2) is 22.5. The van der Waals surface area contributed by atoms with Crippen LogP contribution in [0.15, 0.2) is 158 Å². The van der Waals surface area contributed by atoms with Crippen molar-refractivity contribution in [3.8, 4) is 22.9 Å². The number of aromatic nitrogens is 2. The molecule has 8 aromatic rings. The zero-order valence-corrected chi connectivity index (χ0v) is 43.1. The molecule has 3 aliphatic rings. The van der Waals surface area contributed by atoms with Gasteiger partial charge in [-0.1, -0.05) is 36.4 Å². The molecule has 0 spiro atoms. The maximum absolute atomic E-state index is 13.7. The molecule has 3 aliphatic heterocycles. The summed E-state index contributed by atoms with van der Waals surface area (Å²) in [6.07, 6.45) is -6.23. The normalized spacial score (nSPS) is 13.6. The number of pyridine rings is 2. The summed E-state index contributed by atoms with van der Waals surface area (Å²) < 4.78 is 85.1.